The van der Waals surface area contributed by atoms with Gasteiger partial charge in [-0.15, -0.1) is 11.3 Å². The van der Waals surface area contributed by atoms with Gasteiger partial charge in [0.15, 0.2) is 5.13 Å². The highest BCUT2D eigenvalue weighted by molar-refractivity contribution is 7.89. The fourth-order valence-electron chi connectivity index (χ4n) is 1.82. The average molecular weight is 261 g/mol. The highest BCUT2D eigenvalue weighted by atomic mass is 32.2. The number of hydrogen-bond donors (Lipinski definition) is 1. The summed E-state index contributed by atoms with van der Waals surface area (Å²) >= 11 is 1.39. The first-order chi connectivity index (χ1) is 7.53. The van der Waals surface area contributed by atoms with Crippen LogP contribution >= 0.6 is 11.3 Å². The number of rotatable bonds is 3. The van der Waals surface area contributed by atoms with Crippen molar-refractivity contribution in [2.24, 2.45) is 0 Å². The van der Waals surface area contributed by atoms with Crippen LogP contribution in [0.3, 0.4) is 0 Å². The van der Waals surface area contributed by atoms with Gasteiger partial charge in [0.2, 0.25) is 10.0 Å². The lowest BCUT2D eigenvalue weighted by molar-refractivity contribution is 0.392. The van der Waals surface area contributed by atoms with Crippen LogP contribution in [0.5, 0.6) is 0 Å². The molecule has 0 radical (unpaired) electrons. The molecule has 1 aromatic heterocycles. The Morgan fingerprint density at radius 2 is 2.31 bits per heavy atom. The monoisotopic (exact) mass is 261 g/mol. The van der Waals surface area contributed by atoms with Gasteiger partial charge < -0.3 is 5.73 Å². The van der Waals surface area contributed by atoms with Gasteiger partial charge in [-0.1, -0.05) is 6.92 Å². The van der Waals surface area contributed by atoms with Gasteiger partial charge in [0, 0.05) is 24.4 Å². The maximum atomic E-state index is 11.9. The normalized spacial score (nSPS) is 17.3. The van der Waals surface area contributed by atoms with Crippen LogP contribution in [0.4, 0.5) is 5.13 Å². The molecule has 90 valence electrons. The topological polar surface area (TPSA) is 76.3 Å². The predicted molar refractivity (Wildman–Crippen MR) is 64.7 cm³/mol. The summed E-state index contributed by atoms with van der Waals surface area (Å²) in [5, 5.41) is 0.528. The van der Waals surface area contributed by atoms with Crippen molar-refractivity contribution in [1.29, 1.82) is 0 Å². The second-order valence-electron chi connectivity index (χ2n) is 3.82. The summed E-state index contributed by atoms with van der Waals surface area (Å²) in [6.45, 7) is 2.84. The van der Waals surface area contributed by atoms with Crippen LogP contribution in [-0.4, -0.2) is 30.0 Å². The number of nitrogen functional groups attached to an aromatic ring is 1. The molecule has 7 heteroatoms. The van der Waals surface area contributed by atoms with Crippen molar-refractivity contribution >= 4 is 26.5 Å². The van der Waals surface area contributed by atoms with E-state index in [1.165, 1.54) is 15.6 Å². The second-order valence-corrected chi connectivity index (χ2v) is 7.03. The third-order valence-electron chi connectivity index (χ3n) is 2.57. The van der Waals surface area contributed by atoms with Gasteiger partial charge in [0.05, 0.1) is 11.4 Å². The van der Waals surface area contributed by atoms with E-state index in [1.807, 2.05) is 6.92 Å². The Morgan fingerprint density at radius 1 is 1.56 bits per heavy atom. The predicted octanol–water partition coefficient (Wildman–Crippen LogP) is 0.823. The molecule has 5 nitrogen and oxygen atoms in total. The molecule has 1 aliphatic heterocycles. The van der Waals surface area contributed by atoms with Gasteiger partial charge in [-0.05, 0) is 6.42 Å². The van der Waals surface area contributed by atoms with Crippen molar-refractivity contribution in [3.8, 4) is 0 Å². The quantitative estimate of drug-likeness (QED) is 0.874. The zero-order valence-corrected chi connectivity index (χ0v) is 10.8. The maximum absolute atomic E-state index is 11.9. The first-order valence-corrected chi connectivity index (χ1v) is 7.67. The Labute approximate surface area is 99.3 Å². The van der Waals surface area contributed by atoms with Crippen molar-refractivity contribution in [1.82, 2.24) is 9.29 Å². The molecule has 0 spiro atoms. The van der Waals surface area contributed by atoms with E-state index in [0.717, 1.165) is 10.6 Å². The van der Waals surface area contributed by atoms with Crippen molar-refractivity contribution in [2.75, 3.05) is 18.0 Å². The molecule has 0 atom stereocenters. The molecule has 0 saturated carbocycles. The fraction of sp³-hybridized carbons (Fsp3) is 0.667. The van der Waals surface area contributed by atoms with Crippen LogP contribution in [-0.2, 0) is 23.0 Å². The molecule has 1 aromatic rings. The zero-order chi connectivity index (χ0) is 11.8. The third kappa shape index (κ3) is 2.21. The summed E-state index contributed by atoms with van der Waals surface area (Å²) in [5.41, 5.74) is 6.57. The van der Waals surface area contributed by atoms with Gasteiger partial charge in [-0.3, -0.25) is 0 Å². The molecule has 0 saturated heterocycles. The van der Waals surface area contributed by atoms with Crippen molar-refractivity contribution in [2.45, 2.75) is 26.3 Å². The minimum atomic E-state index is -3.10. The first-order valence-electron chi connectivity index (χ1n) is 5.25. The lowest BCUT2D eigenvalue weighted by atomic mass is 10.2. The van der Waals surface area contributed by atoms with Crippen LogP contribution in [0.1, 0.15) is 23.9 Å². The van der Waals surface area contributed by atoms with E-state index in [4.69, 9.17) is 5.73 Å². The number of nitrogens with zero attached hydrogens (tertiary/aromatic N) is 2. The van der Waals surface area contributed by atoms with Gasteiger partial charge in [-0.2, -0.15) is 4.31 Å². The second kappa shape index (κ2) is 4.31. The van der Waals surface area contributed by atoms with Crippen molar-refractivity contribution in [3.63, 3.8) is 0 Å². The molecular weight excluding hydrogens is 246 g/mol. The van der Waals surface area contributed by atoms with Gasteiger partial charge in [0.25, 0.3) is 0 Å². The number of anilines is 1. The molecule has 0 fully saturated rings. The van der Waals surface area contributed by atoms with E-state index < -0.39 is 10.0 Å². The molecule has 0 aliphatic carbocycles. The highest BCUT2D eigenvalue weighted by Crippen LogP contribution is 2.27. The van der Waals surface area contributed by atoms with Crippen LogP contribution in [0.2, 0.25) is 0 Å². The van der Waals surface area contributed by atoms with Gasteiger partial charge >= 0.3 is 0 Å². The molecule has 1 aliphatic rings. The van der Waals surface area contributed by atoms with E-state index >= 15 is 0 Å². The Kier molecular flexibility index (Phi) is 3.18. The fourth-order valence-corrected chi connectivity index (χ4v) is 4.26. The molecule has 2 heterocycles. The summed E-state index contributed by atoms with van der Waals surface area (Å²) in [6.07, 6.45) is 1.32. The van der Waals surface area contributed by atoms with Crippen LogP contribution in [0, 0.1) is 0 Å². The molecule has 0 unspecified atom stereocenters. The molecular formula is C9H15N3O2S2. The van der Waals surface area contributed by atoms with E-state index in [0.29, 0.717) is 31.1 Å². The summed E-state index contributed by atoms with van der Waals surface area (Å²) in [6, 6.07) is 0. The van der Waals surface area contributed by atoms with E-state index in [2.05, 4.69) is 4.98 Å². The van der Waals surface area contributed by atoms with Gasteiger partial charge in [0.1, 0.15) is 0 Å². The first kappa shape index (κ1) is 11.8. The minimum Gasteiger partial charge on any atom is -0.375 e. The maximum Gasteiger partial charge on any atom is 0.214 e. The molecule has 0 aromatic carbocycles. The number of nitrogens with two attached hydrogens (primary N) is 1. The molecule has 16 heavy (non-hydrogen) atoms. The summed E-state index contributed by atoms with van der Waals surface area (Å²) in [4.78, 5) is 5.18. The zero-order valence-electron chi connectivity index (χ0n) is 9.14. The minimum absolute atomic E-state index is 0.219. The van der Waals surface area contributed by atoms with Gasteiger partial charge in [-0.25, -0.2) is 13.4 Å². The van der Waals surface area contributed by atoms with E-state index in [9.17, 15) is 8.42 Å². The molecule has 0 bridgehead atoms. The molecule has 2 N–H and O–H groups in total. The third-order valence-corrected chi connectivity index (χ3v) is 5.50. The SMILES string of the molecule is CCCS(=O)(=O)N1CCc2nc(N)sc2C1. The van der Waals surface area contributed by atoms with Crippen LogP contribution in [0.15, 0.2) is 0 Å². The Hall–Kier alpha value is -0.660. The summed E-state index contributed by atoms with van der Waals surface area (Å²) in [5.74, 6) is 0.219. The Bertz CT molecular complexity index is 481. The van der Waals surface area contributed by atoms with E-state index in [-0.39, 0.29) is 5.75 Å². The number of aromatic nitrogens is 1. The lowest BCUT2D eigenvalue weighted by Crippen LogP contribution is -2.36. The number of sulfonamides is 1. The van der Waals surface area contributed by atoms with Crippen LogP contribution in [0.25, 0.3) is 0 Å². The van der Waals surface area contributed by atoms with Crippen molar-refractivity contribution < 1.29 is 8.42 Å². The summed E-state index contributed by atoms with van der Waals surface area (Å²) in [7, 11) is -3.10. The molecule has 0 amide bonds. The standard InChI is InChI=1S/C9H15N3O2S2/c1-2-5-16(13,14)12-4-3-7-8(6-12)15-9(10)11-7/h2-6H2,1H3,(H2,10,11). The smallest absolute Gasteiger partial charge is 0.214 e. The number of fused-ring (bicyclic) bond motifs is 1. The Morgan fingerprint density at radius 3 is 3.00 bits per heavy atom. The number of thiazole rings is 1. The van der Waals surface area contributed by atoms with Crippen molar-refractivity contribution in [3.05, 3.63) is 10.6 Å². The molecule has 2 rings (SSSR count). The summed E-state index contributed by atoms with van der Waals surface area (Å²) < 4.78 is 25.3. The largest absolute Gasteiger partial charge is 0.375 e. The Balaban J connectivity index is 2.19. The number of hydrogen-bond acceptors (Lipinski definition) is 5. The highest BCUT2D eigenvalue weighted by Gasteiger charge is 2.27. The average Bonchev–Trinajstić information content (AvgIpc) is 2.56. The lowest BCUT2D eigenvalue weighted by Gasteiger charge is -2.25. The van der Waals surface area contributed by atoms with E-state index in [1.54, 1.807) is 0 Å². The van der Waals surface area contributed by atoms with Crippen LogP contribution < -0.4 is 5.73 Å².